The van der Waals surface area contributed by atoms with Gasteiger partial charge in [0.15, 0.2) is 11.5 Å². The van der Waals surface area contributed by atoms with Gasteiger partial charge in [0.2, 0.25) is 5.75 Å². The summed E-state index contributed by atoms with van der Waals surface area (Å²) in [6, 6.07) is 7.08. The molecule has 1 aromatic carbocycles. The van der Waals surface area contributed by atoms with Crippen LogP contribution in [0.2, 0.25) is 0 Å². The molecule has 0 radical (unpaired) electrons. The zero-order chi connectivity index (χ0) is 17.6. The first-order valence-corrected chi connectivity index (χ1v) is 7.99. The van der Waals surface area contributed by atoms with Crippen LogP contribution in [0.15, 0.2) is 41.2 Å². The monoisotopic (exact) mass is 347 g/mol. The van der Waals surface area contributed by atoms with Crippen LogP contribution in [0, 0.1) is 0 Å². The van der Waals surface area contributed by atoms with Crippen LogP contribution < -0.4 is 14.2 Å². The zero-order valence-electron chi connectivity index (χ0n) is 14.3. The number of benzene rings is 1. The Morgan fingerprint density at radius 2 is 2.00 bits per heavy atom. The fourth-order valence-electron chi connectivity index (χ4n) is 2.71. The van der Waals surface area contributed by atoms with Crippen LogP contribution >= 0.6 is 0 Å². The lowest BCUT2D eigenvalue weighted by molar-refractivity contribution is -0.0406. The first-order chi connectivity index (χ1) is 12.2. The molecule has 2 heterocycles. The number of methoxy groups -OCH3 is 2. The van der Waals surface area contributed by atoms with Crippen LogP contribution in [0.25, 0.3) is 0 Å². The Labute approximate surface area is 146 Å². The van der Waals surface area contributed by atoms with E-state index in [4.69, 9.17) is 23.4 Å². The maximum absolute atomic E-state index is 12.4. The Bertz CT molecular complexity index is 677. The van der Waals surface area contributed by atoms with Gasteiger partial charge in [-0.25, -0.2) is 0 Å². The highest BCUT2D eigenvalue weighted by atomic mass is 16.6. The molecule has 1 aliphatic rings. The lowest BCUT2D eigenvalue weighted by Crippen LogP contribution is -2.47. The van der Waals surface area contributed by atoms with Gasteiger partial charge < -0.3 is 28.3 Å². The fraction of sp³-hybridized carbons (Fsp3) is 0.389. The van der Waals surface area contributed by atoms with E-state index >= 15 is 0 Å². The second-order valence-electron chi connectivity index (χ2n) is 5.56. The minimum Gasteiger partial charge on any atom is -0.493 e. The fourth-order valence-corrected chi connectivity index (χ4v) is 2.71. The molecule has 7 nitrogen and oxygen atoms in total. The summed E-state index contributed by atoms with van der Waals surface area (Å²) in [7, 11) is 3.15. The third-order valence-electron chi connectivity index (χ3n) is 3.99. The molecule has 1 aromatic heterocycles. The van der Waals surface area contributed by atoms with Crippen molar-refractivity contribution in [2.24, 2.45) is 0 Å². The van der Waals surface area contributed by atoms with Crippen molar-refractivity contribution in [2.75, 3.05) is 40.5 Å². The molecule has 0 saturated carbocycles. The number of rotatable bonds is 6. The second-order valence-corrected chi connectivity index (χ2v) is 5.56. The summed E-state index contributed by atoms with van der Waals surface area (Å²) < 4.78 is 27.2. The smallest absolute Gasteiger partial charge is 0.257 e. The van der Waals surface area contributed by atoms with Gasteiger partial charge in [-0.1, -0.05) is 6.07 Å². The van der Waals surface area contributed by atoms with Crippen molar-refractivity contribution in [3.05, 3.63) is 42.4 Å². The molecule has 134 valence electrons. The highest BCUT2D eigenvalue weighted by Gasteiger charge is 2.26. The lowest BCUT2D eigenvalue weighted by Gasteiger charge is -2.32. The van der Waals surface area contributed by atoms with E-state index in [1.54, 1.807) is 37.3 Å². The molecule has 0 N–H and O–H groups in total. The SMILES string of the molecule is COc1cccc(OC)c1OC[C@H]1CN(C(=O)c2ccoc2)CCO1. The highest BCUT2D eigenvalue weighted by molar-refractivity contribution is 5.93. The van der Waals surface area contributed by atoms with Crippen LogP contribution in [0.4, 0.5) is 0 Å². The van der Waals surface area contributed by atoms with Crippen LogP contribution in [-0.4, -0.2) is 57.4 Å². The first-order valence-electron chi connectivity index (χ1n) is 7.99. The average Bonchev–Trinajstić information content (AvgIpc) is 3.20. The maximum Gasteiger partial charge on any atom is 0.257 e. The van der Waals surface area contributed by atoms with Crippen LogP contribution in [-0.2, 0) is 4.74 Å². The normalized spacial score (nSPS) is 17.2. The van der Waals surface area contributed by atoms with E-state index in [1.165, 1.54) is 12.5 Å². The molecular weight excluding hydrogens is 326 g/mol. The van der Waals surface area contributed by atoms with Crippen molar-refractivity contribution in [1.82, 2.24) is 4.90 Å². The van der Waals surface area contributed by atoms with E-state index in [-0.39, 0.29) is 18.6 Å². The number of furan rings is 1. The average molecular weight is 347 g/mol. The topological polar surface area (TPSA) is 70.4 Å². The minimum atomic E-state index is -0.237. The standard InChI is InChI=1S/C18H21NO6/c1-21-15-4-3-5-16(22-2)17(15)25-12-14-10-19(7-9-24-14)18(20)13-6-8-23-11-13/h3-6,8,11,14H,7,9-10,12H2,1-2H3/t14-/m1/s1. The Kier molecular flexibility index (Phi) is 5.45. The van der Waals surface area contributed by atoms with Gasteiger partial charge in [-0.3, -0.25) is 4.79 Å². The molecule has 1 aliphatic heterocycles. The van der Waals surface area contributed by atoms with E-state index < -0.39 is 0 Å². The van der Waals surface area contributed by atoms with Gasteiger partial charge in [-0.15, -0.1) is 0 Å². The van der Waals surface area contributed by atoms with E-state index in [9.17, 15) is 4.79 Å². The Balaban J connectivity index is 1.63. The summed E-state index contributed by atoms with van der Waals surface area (Å²) >= 11 is 0. The van der Waals surface area contributed by atoms with Gasteiger partial charge in [0.05, 0.1) is 39.2 Å². The molecule has 1 atom stereocenters. The molecule has 0 spiro atoms. The van der Waals surface area contributed by atoms with Crippen LogP contribution in [0.5, 0.6) is 17.2 Å². The quantitative estimate of drug-likeness (QED) is 0.798. The summed E-state index contributed by atoms with van der Waals surface area (Å²) in [4.78, 5) is 14.1. The molecule has 0 bridgehead atoms. The molecular formula is C18H21NO6. The van der Waals surface area contributed by atoms with E-state index in [2.05, 4.69) is 0 Å². The minimum absolute atomic E-state index is 0.0723. The van der Waals surface area contributed by atoms with E-state index in [0.717, 1.165) is 0 Å². The van der Waals surface area contributed by atoms with Gasteiger partial charge in [0.25, 0.3) is 5.91 Å². The maximum atomic E-state index is 12.4. The number of carbonyl (C=O) groups is 1. The van der Waals surface area contributed by atoms with Gasteiger partial charge in [-0.05, 0) is 18.2 Å². The third-order valence-corrected chi connectivity index (χ3v) is 3.99. The lowest BCUT2D eigenvalue weighted by atomic mass is 10.2. The van der Waals surface area contributed by atoms with Gasteiger partial charge >= 0.3 is 0 Å². The van der Waals surface area contributed by atoms with Gasteiger partial charge in [-0.2, -0.15) is 0 Å². The van der Waals surface area contributed by atoms with Crippen molar-refractivity contribution in [1.29, 1.82) is 0 Å². The molecule has 0 unspecified atom stereocenters. The number of amides is 1. The van der Waals surface area contributed by atoms with Crippen molar-refractivity contribution < 1.29 is 28.2 Å². The number of ether oxygens (including phenoxy) is 4. The van der Waals surface area contributed by atoms with Crippen molar-refractivity contribution >= 4 is 5.91 Å². The predicted molar refractivity (Wildman–Crippen MR) is 89.4 cm³/mol. The first kappa shape index (κ1) is 17.2. The number of hydrogen-bond donors (Lipinski definition) is 0. The highest BCUT2D eigenvalue weighted by Crippen LogP contribution is 2.36. The third kappa shape index (κ3) is 3.88. The Morgan fingerprint density at radius 3 is 2.64 bits per heavy atom. The summed E-state index contributed by atoms with van der Waals surface area (Å²) in [6.07, 6.45) is 2.70. The van der Waals surface area contributed by atoms with Crippen LogP contribution in [0.3, 0.4) is 0 Å². The summed E-state index contributed by atoms with van der Waals surface area (Å²) in [5.41, 5.74) is 0.535. The largest absolute Gasteiger partial charge is 0.493 e. The second kappa shape index (κ2) is 7.94. The van der Waals surface area contributed by atoms with Gasteiger partial charge in [0.1, 0.15) is 19.0 Å². The molecule has 25 heavy (non-hydrogen) atoms. The zero-order valence-corrected chi connectivity index (χ0v) is 14.3. The molecule has 2 aromatic rings. The summed E-state index contributed by atoms with van der Waals surface area (Å²) in [6.45, 7) is 1.73. The van der Waals surface area contributed by atoms with Crippen molar-refractivity contribution in [3.63, 3.8) is 0 Å². The number of morpholine rings is 1. The molecule has 1 saturated heterocycles. The summed E-state index contributed by atoms with van der Waals surface area (Å²) in [5.74, 6) is 1.62. The summed E-state index contributed by atoms with van der Waals surface area (Å²) in [5, 5.41) is 0. The van der Waals surface area contributed by atoms with Crippen molar-refractivity contribution in [2.45, 2.75) is 6.10 Å². The predicted octanol–water partition coefficient (Wildman–Crippen LogP) is 2.22. The van der Waals surface area contributed by atoms with E-state index in [1.807, 2.05) is 6.07 Å². The Hall–Kier alpha value is -2.67. The van der Waals surface area contributed by atoms with E-state index in [0.29, 0.717) is 42.5 Å². The molecule has 3 rings (SSSR count). The number of hydrogen-bond acceptors (Lipinski definition) is 6. The molecule has 0 aliphatic carbocycles. The number of nitrogens with zero attached hydrogens (tertiary/aromatic N) is 1. The number of para-hydroxylation sites is 1. The molecule has 1 fully saturated rings. The van der Waals surface area contributed by atoms with Gasteiger partial charge in [0, 0.05) is 6.54 Å². The molecule has 1 amide bonds. The van der Waals surface area contributed by atoms with Crippen LogP contribution in [0.1, 0.15) is 10.4 Å². The molecule has 7 heteroatoms. The Morgan fingerprint density at radius 1 is 1.24 bits per heavy atom. The number of carbonyl (C=O) groups excluding carboxylic acids is 1. The van der Waals surface area contributed by atoms with Crippen molar-refractivity contribution in [3.8, 4) is 17.2 Å².